The molecule has 0 N–H and O–H groups in total. The summed E-state index contributed by atoms with van der Waals surface area (Å²) >= 11 is 1.67. The third-order valence-electron chi connectivity index (χ3n) is 6.06. The van der Waals surface area contributed by atoms with Gasteiger partial charge in [-0.25, -0.2) is 9.78 Å². The molecular weight excluding hydrogens is 424 g/mol. The molecule has 0 spiro atoms. The minimum absolute atomic E-state index is 0.219. The Morgan fingerprint density at radius 1 is 1.34 bits per heavy atom. The molecule has 174 valence electrons. The maximum atomic E-state index is 12.6. The van der Waals surface area contributed by atoms with E-state index >= 15 is 0 Å². The van der Waals surface area contributed by atoms with Gasteiger partial charge in [0.05, 0.1) is 5.52 Å². The molecule has 1 saturated heterocycles. The van der Waals surface area contributed by atoms with Gasteiger partial charge in [-0.3, -0.25) is 0 Å². The van der Waals surface area contributed by atoms with Crippen LogP contribution in [0.3, 0.4) is 0 Å². The monoisotopic (exact) mass is 458 g/mol. The van der Waals surface area contributed by atoms with Gasteiger partial charge in [0.2, 0.25) is 11.7 Å². The van der Waals surface area contributed by atoms with E-state index in [0.29, 0.717) is 19.0 Å². The molecule has 1 aliphatic rings. The van der Waals surface area contributed by atoms with Crippen LogP contribution in [0.15, 0.2) is 12.3 Å². The molecule has 32 heavy (non-hydrogen) atoms. The van der Waals surface area contributed by atoms with E-state index in [4.69, 9.17) is 9.72 Å². The van der Waals surface area contributed by atoms with Crippen molar-refractivity contribution >= 4 is 38.7 Å². The molecule has 1 aliphatic heterocycles. The molecule has 0 aliphatic carbocycles. The molecule has 4 rings (SSSR count). The van der Waals surface area contributed by atoms with Crippen molar-refractivity contribution in [2.45, 2.75) is 78.9 Å². The lowest BCUT2D eigenvalue weighted by molar-refractivity contribution is -0.575. The number of aromatic nitrogens is 3. The smallest absolute Gasteiger partial charge is 0.410 e. The number of rotatable bonds is 5. The molecule has 4 heterocycles. The Kier molecular flexibility index (Phi) is 6.34. The lowest BCUT2D eigenvalue weighted by Crippen LogP contribution is -2.42. The number of hydrogen-bond acceptors (Lipinski definition) is 5. The van der Waals surface area contributed by atoms with Crippen molar-refractivity contribution in [3.05, 3.63) is 28.2 Å². The fourth-order valence-corrected chi connectivity index (χ4v) is 5.53. The largest absolute Gasteiger partial charge is 0.618 e. The minimum atomic E-state index is -0.472. The second-order valence-corrected chi connectivity index (χ2v) is 11.2. The SMILES string of the molecule is CCCCc1nc2c[n+]([O-])c3cc(C)sc3c2n1CC1CCN(C(=O)OC(C)(C)C)CC1. The molecule has 1 fully saturated rings. The molecule has 3 aromatic heterocycles. The first-order chi connectivity index (χ1) is 15.2. The van der Waals surface area contributed by atoms with Crippen LogP contribution in [0.1, 0.15) is 64.1 Å². The first-order valence-electron chi connectivity index (χ1n) is 11.7. The summed E-state index contributed by atoms with van der Waals surface area (Å²) in [6, 6.07) is 1.97. The first-order valence-corrected chi connectivity index (χ1v) is 12.5. The van der Waals surface area contributed by atoms with E-state index in [-0.39, 0.29) is 6.09 Å². The summed E-state index contributed by atoms with van der Waals surface area (Å²) in [4.78, 5) is 20.3. The van der Waals surface area contributed by atoms with Crippen LogP contribution in [0.5, 0.6) is 0 Å². The lowest BCUT2D eigenvalue weighted by atomic mass is 9.96. The van der Waals surface area contributed by atoms with Gasteiger partial charge in [0, 0.05) is 37.0 Å². The summed E-state index contributed by atoms with van der Waals surface area (Å²) < 4.78 is 9.88. The fourth-order valence-electron chi connectivity index (χ4n) is 4.47. The predicted octanol–water partition coefficient (Wildman–Crippen LogP) is 5.18. The number of imidazole rings is 1. The Bertz CT molecular complexity index is 1120. The average molecular weight is 459 g/mol. The average Bonchev–Trinajstić information content (AvgIpc) is 3.26. The molecule has 0 saturated carbocycles. The van der Waals surface area contributed by atoms with Crippen molar-refractivity contribution in [3.63, 3.8) is 0 Å². The van der Waals surface area contributed by atoms with Gasteiger partial charge >= 0.3 is 6.09 Å². The molecule has 1 amide bonds. The predicted molar refractivity (Wildman–Crippen MR) is 128 cm³/mol. The number of piperidine rings is 1. The number of unbranched alkanes of at least 4 members (excludes halogenated alkanes) is 1. The lowest BCUT2D eigenvalue weighted by Gasteiger charge is -2.33. The van der Waals surface area contributed by atoms with Gasteiger partial charge in [0.25, 0.3) is 0 Å². The van der Waals surface area contributed by atoms with Crippen LogP contribution >= 0.6 is 11.3 Å². The van der Waals surface area contributed by atoms with Crippen LogP contribution in [-0.4, -0.2) is 39.2 Å². The standard InChI is InChI=1S/C24H34N4O3S/c1-6-7-8-20-25-18-15-28(30)19-13-16(2)32-22(19)21(18)27(20)14-17-9-11-26(12-10-17)23(29)31-24(3,4)5/h13,15,17H,6-12,14H2,1-5H3. The Balaban J connectivity index is 1.60. The zero-order valence-electron chi connectivity index (χ0n) is 19.8. The van der Waals surface area contributed by atoms with Gasteiger partial charge in [-0.05, 0) is 52.9 Å². The number of carbonyl (C=O) groups is 1. The second-order valence-electron chi connectivity index (χ2n) is 9.91. The highest BCUT2D eigenvalue weighted by molar-refractivity contribution is 7.19. The van der Waals surface area contributed by atoms with Gasteiger partial charge < -0.3 is 19.4 Å². The van der Waals surface area contributed by atoms with Crippen LogP contribution < -0.4 is 4.73 Å². The number of thiophene rings is 1. The molecule has 0 bridgehead atoms. The van der Waals surface area contributed by atoms with Crippen molar-refractivity contribution in [1.29, 1.82) is 0 Å². The molecule has 3 aromatic rings. The maximum absolute atomic E-state index is 12.6. The third kappa shape index (κ3) is 4.70. The van der Waals surface area contributed by atoms with E-state index in [0.717, 1.165) is 75.3 Å². The zero-order valence-corrected chi connectivity index (χ0v) is 20.6. The number of pyridine rings is 1. The molecule has 8 heteroatoms. The number of hydrogen-bond donors (Lipinski definition) is 0. The number of fused-ring (bicyclic) bond motifs is 3. The van der Waals surface area contributed by atoms with Gasteiger partial charge in [0.1, 0.15) is 16.1 Å². The summed E-state index contributed by atoms with van der Waals surface area (Å²) in [5, 5.41) is 12.6. The van der Waals surface area contributed by atoms with Gasteiger partial charge in [-0.15, -0.1) is 11.3 Å². The Labute approximate surface area is 193 Å². The fraction of sp³-hybridized carbons (Fsp3) is 0.625. The van der Waals surface area contributed by atoms with E-state index < -0.39 is 5.60 Å². The molecule has 0 atom stereocenters. The number of aryl methyl sites for hydroxylation is 2. The van der Waals surface area contributed by atoms with Crippen molar-refractivity contribution in [1.82, 2.24) is 14.5 Å². The molecule has 7 nitrogen and oxygen atoms in total. The third-order valence-corrected chi connectivity index (χ3v) is 7.11. The van der Waals surface area contributed by atoms with Crippen molar-refractivity contribution in [2.75, 3.05) is 13.1 Å². The summed E-state index contributed by atoms with van der Waals surface area (Å²) in [6.07, 6.45) is 6.37. The first kappa shape index (κ1) is 22.8. The second kappa shape index (κ2) is 8.89. The summed E-state index contributed by atoms with van der Waals surface area (Å²) in [5.41, 5.74) is 2.13. The van der Waals surface area contributed by atoms with E-state index in [2.05, 4.69) is 11.5 Å². The molecule has 0 aromatic carbocycles. The van der Waals surface area contributed by atoms with E-state index in [9.17, 15) is 10.0 Å². The minimum Gasteiger partial charge on any atom is -0.618 e. The van der Waals surface area contributed by atoms with E-state index in [1.807, 2.05) is 38.7 Å². The number of amides is 1. The van der Waals surface area contributed by atoms with Crippen LogP contribution in [0.4, 0.5) is 4.79 Å². The molecule has 0 radical (unpaired) electrons. The molecular formula is C24H34N4O3S. The van der Waals surface area contributed by atoms with Crippen LogP contribution in [-0.2, 0) is 17.7 Å². The highest BCUT2D eigenvalue weighted by Crippen LogP contribution is 2.32. The number of ether oxygens (including phenoxy) is 1. The van der Waals surface area contributed by atoms with Crippen LogP contribution in [0.2, 0.25) is 0 Å². The van der Waals surface area contributed by atoms with Gasteiger partial charge in [0.15, 0.2) is 5.52 Å². The highest BCUT2D eigenvalue weighted by atomic mass is 32.1. The topological polar surface area (TPSA) is 74.3 Å². The van der Waals surface area contributed by atoms with Crippen molar-refractivity contribution < 1.29 is 14.3 Å². The maximum Gasteiger partial charge on any atom is 0.410 e. The quantitative estimate of drug-likeness (QED) is 0.390. The van der Waals surface area contributed by atoms with Gasteiger partial charge in [-0.1, -0.05) is 13.3 Å². The normalized spacial score (nSPS) is 15.7. The Morgan fingerprint density at radius 3 is 2.72 bits per heavy atom. The van der Waals surface area contributed by atoms with Crippen molar-refractivity contribution in [3.8, 4) is 0 Å². The van der Waals surface area contributed by atoms with Gasteiger partial charge in [-0.2, -0.15) is 4.73 Å². The highest BCUT2D eigenvalue weighted by Gasteiger charge is 2.28. The van der Waals surface area contributed by atoms with E-state index in [1.54, 1.807) is 17.5 Å². The number of likely N-dealkylation sites (tertiary alicyclic amines) is 1. The Hall–Kier alpha value is -2.35. The van der Waals surface area contributed by atoms with Crippen LogP contribution in [0.25, 0.3) is 21.3 Å². The molecule has 0 unspecified atom stereocenters. The number of nitrogens with zero attached hydrogens (tertiary/aromatic N) is 4. The summed E-state index contributed by atoms with van der Waals surface area (Å²) in [5.74, 6) is 1.53. The van der Waals surface area contributed by atoms with Crippen LogP contribution in [0, 0.1) is 18.0 Å². The summed E-state index contributed by atoms with van der Waals surface area (Å²) in [6.45, 7) is 12.2. The number of carbonyl (C=O) groups excluding carboxylic acids is 1. The summed E-state index contributed by atoms with van der Waals surface area (Å²) in [7, 11) is 0. The van der Waals surface area contributed by atoms with E-state index in [1.165, 1.54) is 0 Å². The Morgan fingerprint density at radius 2 is 2.06 bits per heavy atom. The van der Waals surface area contributed by atoms with Crippen molar-refractivity contribution in [2.24, 2.45) is 5.92 Å². The zero-order chi connectivity index (χ0) is 23.0.